The molecule has 1 atom stereocenters. The zero-order valence-electron chi connectivity index (χ0n) is 10.4. The number of anilines is 1. The van der Waals surface area contributed by atoms with Gasteiger partial charge in [0.15, 0.2) is 0 Å². The maximum atomic E-state index is 11.2. The minimum Gasteiger partial charge on any atom is -0.351 e. The maximum Gasteiger partial charge on any atom is 0.243 e. The highest BCUT2D eigenvalue weighted by molar-refractivity contribution is 5.79. The van der Waals surface area contributed by atoms with E-state index < -0.39 is 0 Å². The number of hydrogen-bond acceptors (Lipinski definition) is 5. The first-order valence-electron chi connectivity index (χ1n) is 5.71. The number of aryl methyl sites for hydroxylation is 2. The highest BCUT2D eigenvalue weighted by Gasteiger charge is 2.32. The molecule has 0 radical (unpaired) electrons. The molecule has 1 fully saturated rings. The zero-order valence-corrected chi connectivity index (χ0v) is 10.4. The molecule has 0 aromatic carbocycles. The van der Waals surface area contributed by atoms with E-state index in [2.05, 4.69) is 25.8 Å². The molecule has 6 nitrogen and oxygen atoms in total. The first-order valence-corrected chi connectivity index (χ1v) is 5.71. The van der Waals surface area contributed by atoms with Crippen LogP contribution in [0.1, 0.15) is 31.2 Å². The molecule has 1 aromatic heterocycles. The standard InChI is InChI=1S/C11H17N5O/c1-7-8(2)15-16-10(13-7)12-6-11(3)5-4-9(17)14-11/h4-6H2,1-3H3,(H,14,17)(H,12,13,16). The highest BCUT2D eigenvalue weighted by Crippen LogP contribution is 2.19. The zero-order chi connectivity index (χ0) is 12.5. The van der Waals surface area contributed by atoms with Gasteiger partial charge in [0.1, 0.15) is 0 Å². The number of carbonyl (C=O) groups is 1. The van der Waals surface area contributed by atoms with Crippen molar-refractivity contribution in [1.29, 1.82) is 0 Å². The third kappa shape index (κ3) is 2.69. The number of hydrogen-bond donors (Lipinski definition) is 2. The summed E-state index contributed by atoms with van der Waals surface area (Å²) in [7, 11) is 0. The summed E-state index contributed by atoms with van der Waals surface area (Å²) < 4.78 is 0. The van der Waals surface area contributed by atoms with Crippen molar-refractivity contribution in [2.45, 2.75) is 39.2 Å². The molecule has 1 amide bonds. The Labute approximate surface area is 100 Å². The van der Waals surface area contributed by atoms with Crippen LogP contribution in [0, 0.1) is 13.8 Å². The molecule has 1 saturated heterocycles. The van der Waals surface area contributed by atoms with Gasteiger partial charge in [-0.3, -0.25) is 4.79 Å². The van der Waals surface area contributed by atoms with E-state index >= 15 is 0 Å². The van der Waals surface area contributed by atoms with Gasteiger partial charge in [0.25, 0.3) is 0 Å². The molecule has 6 heteroatoms. The van der Waals surface area contributed by atoms with Gasteiger partial charge in [-0.1, -0.05) is 0 Å². The van der Waals surface area contributed by atoms with E-state index in [0.717, 1.165) is 17.8 Å². The maximum absolute atomic E-state index is 11.2. The van der Waals surface area contributed by atoms with E-state index in [-0.39, 0.29) is 11.4 Å². The van der Waals surface area contributed by atoms with Crippen molar-refractivity contribution in [3.8, 4) is 0 Å². The lowest BCUT2D eigenvalue weighted by Gasteiger charge is -2.24. The summed E-state index contributed by atoms with van der Waals surface area (Å²) in [5.41, 5.74) is 1.48. The van der Waals surface area contributed by atoms with Crippen LogP contribution in [0.2, 0.25) is 0 Å². The van der Waals surface area contributed by atoms with E-state index in [9.17, 15) is 4.79 Å². The van der Waals surface area contributed by atoms with E-state index in [1.165, 1.54) is 0 Å². The Hall–Kier alpha value is -1.72. The van der Waals surface area contributed by atoms with Crippen LogP contribution in [0.3, 0.4) is 0 Å². The Morgan fingerprint density at radius 3 is 2.71 bits per heavy atom. The number of aromatic nitrogens is 3. The quantitative estimate of drug-likeness (QED) is 0.800. The van der Waals surface area contributed by atoms with E-state index in [4.69, 9.17) is 0 Å². The Kier molecular flexibility index (Phi) is 2.95. The van der Waals surface area contributed by atoms with Gasteiger partial charge in [0.2, 0.25) is 11.9 Å². The second kappa shape index (κ2) is 4.27. The highest BCUT2D eigenvalue weighted by atomic mass is 16.2. The van der Waals surface area contributed by atoms with Crippen molar-refractivity contribution in [1.82, 2.24) is 20.5 Å². The summed E-state index contributed by atoms with van der Waals surface area (Å²) in [4.78, 5) is 15.5. The Morgan fingerprint density at radius 2 is 2.12 bits per heavy atom. The van der Waals surface area contributed by atoms with E-state index in [1.54, 1.807) is 0 Å². The van der Waals surface area contributed by atoms with Crippen LogP contribution in [0.4, 0.5) is 5.95 Å². The normalized spacial score (nSPS) is 23.6. The largest absolute Gasteiger partial charge is 0.351 e. The third-order valence-corrected chi connectivity index (χ3v) is 3.07. The lowest BCUT2D eigenvalue weighted by Crippen LogP contribution is -2.44. The first kappa shape index (κ1) is 11.8. The van der Waals surface area contributed by atoms with Crippen molar-refractivity contribution >= 4 is 11.9 Å². The summed E-state index contributed by atoms with van der Waals surface area (Å²) >= 11 is 0. The van der Waals surface area contributed by atoms with Gasteiger partial charge >= 0.3 is 0 Å². The van der Waals surface area contributed by atoms with Crippen molar-refractivity contribution in [2.75, 3.05) is 11.9 Å². The second-order valence-electron chi connectivity index (χ2n) is 4.77. The number of rotatable bonds is 3. The van der Waals surface area contributed by atoms with Gasteiger partial charge in [-0.2, -0.15) is 5.10 Å². The number of nitrogens with one attached hydrogen (secondary N) is 2. The fraction of sp³-hybridized carbons (Fsp3) is 0.636. The molecule has 1 unspecified atom stereocenters. The molecule has 1 aliphatic heterocycles. The molecule has 0 aliphatic carbocycles. The van der Waals surface area contributed by atoms with Crippen LogP contribution >= 0.6 is 0 Å². The summed E-state index contributed by atoms with van der Waals surface area (Å²) in [5.74, 6) is 0.615. The Bertz CT molecular complexity index is 447. The molecule has 1 aromatic rings. The van der Waals surface area contributed by atoms with E-state index in [0.29, 0.717) is 18.9 Å². The SMILES string of the molecule is Cc1nnc(NCC2(C)CCC(=O)N2)nc1C. The second-order valence-corrected chi connectivity index (χ2v) is 4.77. The molecule has 92 valence electrons. The minimum absolute atomic E-state index is 0.105. The van der Waals surface area contributed by atoms with Crippen LogP contribution in [0.25, 0.3) is 0 Å². The summed E-state index contributed by atoms with van der Waals surface area (Å²) in [6.45, 7) is 6.40. The number of nitrogens with zero attached hydrogens (tertiary/aromatic N) is 3. The van der Waals surface area contributed by atoms with Crippen molar-refractivity contribution in [2.24, 2.45) is 0 Å². The fourth-order valence-corrected chi connectivity index (χ4v) is 1.79. The monoisotopic (exact) mass is 235 g/mol. The van der Waals surface area contributed by atoms with Gasteiger partial charge in [-0.25, -0.2) is 4.98 Å². The average Bonchev–Trinajstić information content (AvgIpc) is 2.61. The number of amides is 1. The van der Waals surface area contributed by atoms with Crippen molar-refractivity contribution in [3.63, 3.8) is 0 Å². The van der Waals surface area contributed by atoms with Gasteiger partial charge in [-0.15, -0.1) is 5.10 Å². The van der Waals surface area contributed by atoms with Crippen molar-refractivity contribution < 1.29 is 4.79 Å². The fourth-order valence-electron chi connectivity index (χ4n) is 1.79. The molecule has 0 bridgehead atoms. The van der Waals surface area contributed by atoms with Gasteiger partial charge < -0.3 is 10.6 Å². The minimum atomic E-state index is -0.209. The predicted octanol–water partition coefficient (Wildman–Crippen LogP) is 0.569. The first-order chi connectivity index (χ1) is 7.98. The van der Waals surface area contributed by atoms with Crippen molar-refractivity contribution in [3.05, 3.63) is 11.4 Å². The lowest BCUT2D eigenvalue weighted by atomic mass is 10.0. The topological polar surface area (TPSA) is 79.8 Å². The Balaban J connectivity index is 1.98. The summed E-state index contributed by atoms with van der Waals surface area (Å²) in [6, 6.07) is 0. The molecule has 17 heavy (non-hydrogen) atoms. The molecule has 2 heterocycles. The molecule has 2 N–H and O–H groups in total. The van der Waals surface area contributed by atoms with Crippen LogP contribution < -0.4 is 10.6 Å². The predicted molar refractivity (Wildman–Crippen MR) is 63.6 cm³/mol. The molecule has 1 aliphatic rings. The van der Waals surface area contributed by atoms with Gasteiger partial charge in [-0.05, 0) is 27.2 Å². The van der Waals surface area contributed by atoms with Crippen LogP contribution in [0.15, 0.2) is 0 Å². The smallest absolute Gasteiger partial charge is 0.243 e. The van der Waals surface area contributed by atoms with Gasteiger partial charge in [0, 0.05) is 13.0 Å². The third-order valence-electron chi connectivity index (χ3n) is 3.07. The molecule has 0 saturated carbocycles. The molecular weight excluding hydrogens is 218 g/mol. The molecule has 0 spiro atoms. The number of carbonyl (C=O) groups excluding carboxylic acids is 1. The summed E-state index contributed by atoms with van der Waals surface area (Å²) in [5, 5.41) is 14.0. The summed E-state index contributed by atoms with van der Waals surface area (Å²) in [6.07, 6.45) is 1.42. The van der Waals surface area contributed by atoms with Crippen LogP contribution in [0.5, 0.6) is 0 Å². The molecular formula is C11H17N5O. The van der Waals surface area contributed by atoms with E-state index in [1.807, 2.05) is 20.8 Å². The average molecular weight is 235 g/mol. The molecule has 2 rings (SSSR count). The van der Waals surface area contributed by atoms with Gasteiger partial charge in [0.05, 0.1) is 16.9 Å². The lowest BCUT2D eigenvalue weighted by molar-refractivity contribution is -0.119. The van der Waals surface area contributed by atoms with Crippen LogP contribution in [-0.4, -0.2) is 33.2 Å². The Morgan fingerprint density at radius 1 is 1.35 bits per heavy atom. The van der Waals surface area contributed by atoms with Crippen LogP contribution in [-0.2, 0) is 4.79 Å².